The van der Waals surface area contributed by atoms with Gasteiger partial charge in [0.25, 0.3) is 0 Å². The van der Waals surface area contributed by atoms with Crippen molar-refractivity contribution >= 4 is 28.5 Å². The molecule has 0 atom stereocenters. The molecule has 0 aliphatic carbocycles. The molecule has 0 unspecified atom stereocenters. The Morgan fingerprint density at radius 3 is 3.00 bits per heavy atom. The van der Waals surface area contributed by atoms with E-state index in [2.05, 4.69) is 30.5 Å². The Kier molecular flexibility index (Phi) is 3.97. The second kappa shape index (κ2) is 5.86. The molecular weight excluding hydrogens is 274 g/mol. The third kappa shape index (κ3) is 3.99. The number of hydrogen-bond donors (Lipinski definition) is 3. The summed E-state index contributed by atoms with van der Waals surface area (Å²) in [4.78, 5) is 21.9. The predicted octanol–water partition coefficient (Wildman–Crippen LogP) is -0.464. The van der Waals surface area contributed by atoms with Crippen LogP contribution >= 0.6 is 11.5 Å². The molecule has 0 bridgehead atoms. The summed E-state index contributed by atoms with van der Waals surface area (Å²) in [5.74, 6) is -1.01. The van der Waals surface area contributed by atoms with Gasteiger partial charge in [0.15, 0.2) is 0 Å². The smallest absolute Gasteiger partial charge is 0.325 e. The first-order valence-corrected chi connectivity index (χ1v) is 5.84. The van der Waals surface area contributed by atoms with E-state index >= 15 is 0 Å². The fourth-order valence-electron chi connectivity index (χ4n) is 1.18. The van der Waals surface area contributed by atoms with Gasteiger partial charge in [0.05, 0.1) is 18.9 Å². The summed E-state index contributed by atoms with van der Waals surface area (Å²) in [7, 11) is 0. The molecule has 2 rings (SSSR count). The molecule has 0 fully saturated rings. The first-order chi connectivity index (χ1) is 9.13. The number of carbonyl (C=O) groups excluding carboxylic acids is 1. The fourth-order valence-corrected chi connectivity index (χ4v) is 1.60. The lowest BCUT2D eigenvalue weighted by molar-refractivity contribution is -0.137. The molecule has 0 spiro atoms. The van der Waals surface area contributed by atoms with Gasteiger partial charge in [0.2, 0.25) is 0 Å². The minimum atomic E-state index is -1.01. The highest BCUT2D eigenvalue weighted by molar-refractivity contribution is 7.10. The van der Waals surface area contributed by atoms with Crippen LogP contribution in [0.5, 0.6) is 0 Å². The van der Waals surface area contributed by atoms with Gasteiger partial charge in [-0.2, -0.15) is 0 Å². The SMILES string of the molecule is O=C(O)Cn1cc(CNC(=O)Nc2cnns2)nn1. The third-order valence-electron chi connectivity index (χ3n) is 1.91. The van der Waals surface area contributed by atoms with E-state index < -0.39 is 12.0 Å². The first-order valence-electron chi connectivity index (χ1n) is 5.06. The summed E-state index contributed by atoms with van der Waals surface area (Å²) in [5.41, 5.74) is 0.457. The van der Waals surface area contributed by atoms with E-state index in [-0.39, 0.29) is 13.1 Å². The molecule has 0 aliphatic heterocycles. The highest BCUT2D eigenvalue weighted by Crippen LogP contribution is 2.08. The Labute approximate surface area is 110 Å². The van der Waals surface area contributed by atoms with Gasteiger partial charge in [-0.25, -0.2) is 9.48 Å². The van der Waals surface area contributed by atoms with Crippen LogP contribution in [0.1, 0.15) is 5.69 Å². The third-order valence-corrected chi connectivity index (χ3v) is 2.49. The molecule has 0 saturated carbocycles. The van der Waals surface area contributed by atoms with Gasteiger partial charge >= 0.3 is 12.0 Å². The van der Waals surface area contributed by atoms with Crippen molar-refractivity contribution < 1.29 is 14.7 Å². The summed E-state index contributed by atoms with van der Waals surface area (Å²) < 4.78 is 4.76. The number of carboxylic acid groups (broad SMARTS) is 1. The van der Waals surface area contributed by atoms with E-state index in [1.165, 1.54) is 17.1 Å². The lowest BCUT2D eigenvalue weighted by Crippen LogP contribution is -2.27. The summed E-state index contributed by atoms with van der Waals surface area (Å²) in [6, 6.07) is -0.432. The average Bonchev–Trinajstić information content (AvgIpc) is 2.97. The highest BCUT2D eigenvalue weighted by atomic mass is 32.1. The van der Waals surface area contributed by atoms with E-state index in [4.69, 9.17) is 5.11 Å². The molecule has 100 valence electrons. The summed E-state index contributed by atoms with van der Waals surface area (Å²) >= 11 is 1.05. The van der Waals surface area contributed by atoms with E-state index in [1.807, 2.05) is 0 Å². The number of aliphatic carboxylic acids is 1. The van der Waals surface area contributed by atoms with Crippen molar-refractivity contribution in [2.24, 2.45) is 0 Å². The van der Waals surface area contributed by atoms with Crippen molar-refractivity contribution in [1.82, 2.24) is 29.9 Å². The molecule has 0 aromatic carbocycles. The van der Waals surface area contributed by atoms with E-state index in [1.54, 1.807) is 0 Å². The van der Waals surface area contributed by atoms with E-state index in [0.29, 0.717) is 10.7 Å². The number of amides is 2. The van der Waals surface area contributed by atoms with Crippen LogP contribution in [0.4, 0.5) is 9.80 Å². The molecule has 0 saturated heterocycles. The quantitative estimate of drug-likeness (QED) is 0.675. The van der Waals surface area contributed by atoms with Gasteiger partial charge in [-0.05, 0) is 0 Å². The number of aromatic nitrogens is 5. The van der Waals surface area contributed by atoms with Crippen LogP contribution in [0.15, 0.2) is 12.4 Å². The molecule has 2 aromatic rings. The number of nitrogens with zero attached hydrogens (tertiary/aromatic N) is 5. The first kappa shape index (κ1) is 12.9. The topological polar surface area (TPSA) is 135 Å². The Morgan fingerprint density at radius 1 is 1.47 bits per heavy atom. The molecule has 2 aromatic heterocycles. The van der Waals surface area contributed by atoms with Crippen molar-refractivity contribution in [2.75, 3.05) is 5.32 Å². The van der Waals surface area contributed by atoms with Crippen LogP contribution in [0.2, 0.25) is 0 Å². The lowest BCUT2D eigenvalue weighted by Gasteiger charge is -2.02. The molecule has 2 heterocycles. The Bertz CT molecular complexity index is 567. The minimum absolute atomic E-state index is 0.137. The van der Waals surface area contributed by atoms with Crippen LogP contribution in [-0.2, 0) is 17.9 Å². The van der Waals surface area contributed by atoms with Crippen LogP contribution in [0, 0.1) is 0 Å². The molecule has 19 heavy (non-hydrogen) atoms. The monoisotopic (exact) mass is 283 g/mol. The number of hydrogen-bond acceptors (Lipinski definition) is 7. The zero-order valence-corrected chi connectivity index (χ0v) is 10.3. The van der Waals surface area contributed by atoms with Crippen LogP contribution in [0.3, 0.4) is 0 Å². The Balaban J connectivity index is 1.80. The largest absolute Gasteiger partial charge is 0.480 e. The van der Waals surface area contributed by atoms with Crippen LogP contribution < -0.4 is 10.6 Å². The summed E-state index contributed by atoms with van der Waals surface area (Å²) in [6.45, 7) is -0.136. The Morgan fingerprint density at radius 2 is 2.32 bits per heavy atom. The molecule has 3 N–H and O–H groups in total. The van der Waals surface area contributed by atoms with Crippen molar-refractivity contribution in [2.45, 2.75) is 13.1 Å². The molecule has 11 heteroatoms. The maximum Gasteiger partial charge on any atom is 0.325 e. The molecule has 10 nitrogen and oxygen atoms in total. The van der Waals surface area contributed by atoms with Gasteiger partial charge in [0, 0.05) is 11.5 Å². The summed E-state index contributed by atoms with van der Waals surface area (Å²) in [5, 5.41) is 25.0. The molecule has 0 radical (unpaired) electrons. The van der Waals surface area contributed by atoms with Gasteiger partial charge < -0.3 is 10.4 Å². The number of nitrogens with one attached hydrogen (secondary N) is 2. The van der Waals surface area contributed by atoms with Crippen molar-refractivity contribution in [3.8, 4) is 0 Å². The van der Waals surface area contributed by atoms with Crippen LogP contribution in [-0.4, -0.2) is 41.7 Å². The normalized spacial score (nSPS) is 10.1. The zero-order chi connectivity index (χ0) is 13.7. The van der Waals surface area contributed by atoms with E-state index in [0.717, 1.165) is 11.5 Å². The second-order valence-electron chi connectivity index (χ2n) is 3.39. The summed E-state index contributed by atoms with van der Waals surface area (Å²) in [6.07, 6.45) is 2.87. The number of anilines is 1. The second-order valence-corrected chi connectivity index (χ2v) is 4.18. The van der Waals surface area contributed by atoms with Crippen LogP contribution in [0.25, 0.3) is 0 Å². The maximum absolute atomic E-state index is 11.4. The van der Waals surface area contributed by atoms with Gasteiger partial charge in [-0.15, -0.1) is 10.2 Å². The van der Waals surface area contributed by atoms with Gasteiger partial charge in [0.1, 0.15) is 17.2 Å². The Hall–Kier alpha value is -2.56. The molecule has 0 aliphatic rings. The number of rotatable bonds is 5. The zero-order valence-electron chi connectivity index (χ0n) is 9.48. The standard InChI is InChI=1S/C8H9N7O3S/c16-7(17)4-15-3-5(12-13-15)1-9-8(18)11-6-2-10-14-19-6/h2-3H,1,4H2,(H,16,17)(H2,9,11,18). The van der Waals surface area contributed by atoms with E-state index in [9.17, 15) is 9.59 Å². The van der Waals surface area contributed by atoms with Gasteiger partial charge in [-0.1, -0.05) is 9.70 Å². The van der Waals surface area contributed by atoms with Crippen molar-refractivity contribution in [3.63, 3.8) is 0 Å². The lowest BCUT2D eigenvalue weighted by atomic mass is 10.5. The van der Waals surface area contributed by atoms with Gasteiger partial charge in [-0.3, -0.25) is 10.1 Å². The molecule has 2 amide bonds. The highest BCUT2D eigenvalue weighted by Gasteiger charge is 2.07. The fraction of sp³-hybridized carbons (Fsp3) is 0.250. The number of carbonyl (C=O) groups is 2. The predicted molar refractivity (Wildman–Crippen MR) is 63.4 cm³/mol. The minimum Gasteiger partial charge on any atom is -0.480 e. The number of urea groups is 1. The van der Waals surface area contributed by atoms with Crippen molar-refractivity contribution in [3.05, 3.63) is 18.1 Å². The average molecular weight is 283 g/mol. The maximum atomic E-state index is 11.4. The van der Waals surface area contributed by atoms with Crippen molar-refractivity contribution in [1.29, 1.82) is 0 Å². The molecular formula is C8H9N7O3S. The number of carboxylic acids is 1.